The van der Waals surface area contributed by atoms with Gasteiger partial charge in [-0.2, -0.15) is 18.4 Å². The van der Waals surface area contributed by atoms with Gasteiger partial charge >= 0.3 is 6.18 Å². The molecule has 4 aliphatic rings. The van der Waals surface area contributed by atoms with Crippen molar-refractivity contribution < 1.29 is 22.8 Å². The first-order valence-corrected chi connectivity index (χ1v) is 8.05. The Bertz CT molecular complexity index is 776. The summed E-state index contributed by atoms with van der Waals surface area (Å²) in [7, 11) is 0. The second-order valence-corrected chi connectivity index (χ2v) is 6.76. The van der Waals surface area contributed by atoms with Crippen molar-refractivity contribution in [2.24, 2.45) is 17.8 Å². The summed E-state index contributed by atoms with van der Waals surface area (Å²) in [5, 5.41) is 12.1. The molecule has 8 heteroatoms. The van der Waals surface area contributed by atoms with Crippen LogP contribution in [0, 0.1) is 29.1 Å². The van der Waals surface area contributed by atoms with Crippen LogP contribution in [0.5, 0.6) is 0 Å². The van der Waals surface area contributed by atoms with E-state index in [1.807, 2.05) is 0 Å². The third-order valence-electron chi connectivity index (χ3n) is 5.52. The second-order valence-electron chi connectivity index (χ2n) is 6.76. The highest BCUT2D eigenvalue weighted by Gasteiger charge is 2.58. The number of imide groups is 1. The van der Waals surface area contributed by atoms with Crippen LogP contribution >= 0.6 is 0 Å². The number of piperidine rings is 2. The minimum atomic E-state index is -4.74. The van der Waals surface area contributed by atoms with Gasteiger partial charge in [0.1, 0.15) is 0 Å². The summed E-state index contributed by atoms with van der Waals surface area (Å²) in [6.45, 7) is 0.653. The van der Waals surface area contributed by atoms with Gasteiger partial charge in [0.25, 0.3) is 0 Å². The van der Waals surface area contributed by atoms with E-state index >= 15 is 0 Å². The van der Waals surface area contributed by atoms with Crippen molar-refractivity contribution in [3.8, 4) is 6.07 Å². The lowest BCUT2D eigenvalue weighted by molar-refractivity contribution is -0.138. The average Bonchev–Trinajstić information content (AvgIpc) is 2.88. The van der Waals surface area contributed by atoms with Gasteiger partial charge in [0.05, 0.1) is 34.7 Å². The van der Waals surface area contributed by atoms with Crippen LogP contribution in [0.1, 0.15) is 24.0 Å². The highest BCUT2D eigenvalue weighted by atomic mass is 19.4. The van der Waals surface area contributed by atoms with E-state index < -0.39 is 41.0 Å². The third kappa shape index (κ3) is 2.26. The van der Waals surface area contributed by atoms with Crippen LogP contribution in [0.4, 0.5) is 18.9 Å². The van der Waals surface area contributed by atoms with Crippen LogP contribution in [0.15, 0.2) is 18.2 Å². The van der Waals surface area contributed by atoms with Gasteiger partial charge in [-0.05, 0) is 43.5 Å². The molecule has 1 N–H and O–H groups in total. The monoisotopic (exact) mass is 349 g/mol. The maximum atomic E-state index is 13.2. The number of nitrogens with one attached hydrogen (secondary N) is 1. The van der Waals surface area contributed by atoms with Gasteiger partial charge in [-0.25, -0.2) is 4.90 Å². The average molecular weight is 349 g/mol. The molecule has 3 saturated heterocycles. The van der Waals surface area contributed by atoms with Crippen LogP contribution in [0.25, 0.3) is 0 Å². The molecule has 1 aromatic carbocycles. The predicted octanol–water partition coefficient (Wildman–Crippen LogP) is 2.06. The maximum Gasteiger partial charge on any atom is 0.417 e. The maximum absolute atomic E-state index is 13.2. The number of fused-ring (bicyclic) bond motifs is 2. The summed E-state index contributed by atoms with van der Waals surface area (Å²) in [6.07, 6.45) is -3.10. The number of alkyl halides is 3. The summed E-state index contributed by atoms with van der Waals surface area (Å²) in [6, 6.07) is 4.36. The Morgan fingerprint density at radius 1 is 1.16 bits per heavy atom. The van der Waals surface area contributed by atoms with Crippen molar-refractivity contribution in [3.05, 3.63) is 29.3 Å². The molecular formula is C17H14F3N3O2. The van der Waals surface area contributed by atoms with E-state index in [1.165, 1.54) is 12.1 Å². The van der Waals surface area contributed by atoms with Crippen molar-refractivity contribution in [1.82, 2.24) is 5.32 Å². The van der Waals surface area contributed by atoms with Crippen molar-refractivity contribution in [3.63, 3.8) is 0 Å². The number of anilines is 1. The first-order chi connectivity index (χ1) is 11.8. The number of hydrogen-bond donors (Lipinski definition) is 1. The molecule has 5 nitrogen and oxygen atoms in total. The predicted molar refractivity (Wildman–Crippen MR) is 80.1 cm³/mol. The Balaban J connectivity index is 1.77. The lowest BCUT2D eigenvalue weighted by Crippen LogP contribution is -2.56. The molecular weight excluding hydrogens is 335 g/mol. The summed E-state index contributed by atoms with van der Waals surface area (Å²) in [5.74, 6) is -1.81. The smallest absolute Gasteiger partial charge is 0.313 e. The Hall–Kier alpha value is -2.40. The van der Waals surface area contributed by atoms with Gasteiger partial charge in [0.15, 0.2) is 0 Å². The molecule has 3 aliphatic heterocycles. The molecule has 3 heterocycles. The molecule has 4 atom stereocenters. The fourth-order valence-electron chi connectivity index (χ4n) is 4.40. The molecule has 130 valence electrons. The standard InChI is InChI=1S/C17H14F3N3O2/c18-17(19,20)11-5-10(3-1-8(11)6-21)23-15(24)13-9-2-4-12(22-7-9)14(13)16(23)25/h1,3,5,9,12-14,22H,2,4,7H2/t9-,12-,13-,14+/m0/s1. The van der Waals surface area contributed by atoms with Crippen LogP contribution in [0.2, 0.25) is 0 Å². The number of amides is 2. The second kappa shape index (κ2) is 5.30. The number of halogens is 3. The molecule has 0 spiro atoms. The Morgan fingerprint density at radius 2 is 1.88 bits per heavy atom. The van der Waals surface area contributed by atoms with E-state index in [0.717, 1.165) is 29.9 Å². The fraction of sp³-hybridized carbons (Fsp3) is 0.471. The molecule has 1 aliphatic carbocycles. The minimum Gasteiger partial charge on any atom is -0.313 e. The molecule has 4 fully saturated rings. The van der Waals surface area contributed by atoms with Crippen molar-refractivity contribution >= 4 is 17.5 Å². The zero-order valence-electron chi connectivity index (χ0n) is 13.0. The van der Waals surface area contributed by atoms with E-state index in [4.69, 9.17) is 5.26 Å². The summed E-state index contributed by atoms with van der Waals surface area (Å²) < 4.78 is 39.5. The summed E-state index contributed by atoms with van der Waals surface area (Å²) in [4.78, 5) is 26.4. The number of nitrogens with zero attached hydrogens (tertiary/aromatic N) is 2. The molecule has 0 aromatic heterocycles. The number of carbonyl (C=O) groups is 2. The minimum absolute atomic E-state index is 0.0388. The normalized spacial score (nSPS) is 31.2. The SMILES string of the molecule is N#Cc1ccc(N2C(=O)[C@H]3[C@H]4CC[C@H](NC4)[C@H]3C2=O)cc1C(F)(F)F. The van der Waals surface area contributed by atoms with E-state index in [-0.39, 0.29) is 17.6 Å². The van der Waals surface area contributed by atoms with Crippen LogP contribution in [-0.2, 0) is 15.8 Å². The quantitative estimate of drug-likeness (QED) is 0.788. The lowest BCUT2D eigenvalue weighted by Gasteiger charge is -2.43. The van der Waals surface area contributed by atoms with E-state index in [2.05, 4.69) is 5.32 Å². The van der Waals surface area contributed by atoms with Gasteiger partial charge in [-0.3, -0.25) is 9.59 Å². The van der Waals surface area contributed by atoms with Crippen LogP contribution in [0.3, 0.4) is 0 Å². The number of benzene rings is 1. The molecule has 0 radical (unpaired) electrons. The van der Waals surface area contributed by atoms with Crippen LogP contribution in [-0.4, -0.2) is 24.4 Å². The summed E-state index contributed by atoms with van der Waals surface area (Å²) in [5.41, 5.74) is -1.78. The van der Waals surface area contributed by atoms with E-state index in [0.29, 0.717) is 6.54 Å². The van der Waals surface area contributed by atoms with Gasteiger partial charge < -0.3 is 5.32 Å². The van der Waals surface area contributed by atoms with Gasteiger partial charge in [-0.1, -0.05) is 0 Å². The number of nitriles is 1. The van der Waals surface area contributed by atoms with Gasteiger partial charge in [0.2, 0.25) is 11.8 Å². The van der Waals surface area contributed by atoms with Gasteiger partial charge in [0, 0.05) is 6.04 Å². The molecule has 1 aromatic rings. The Kier molecular flexibility index (Phi) is 3.41. The number of rotatable bonds is 1. The lowest BCUT2D eigenvalue weighted by atomic mass is 9.67. The molecule has 25 heavy (non-hydrogen) atoms. The van der Waals surface area contributed by atoms with E-state index in [9.17, 15) is 22.8 Å². The molecule has 2 bridgehead atoms. The zero-order valence-corrected chi connectivity index (χ0v) is 13.0. The molecule has 0 unspecified atom stereocenters. The Labute approximate surface area is 141 Å². The zero-order chi connectivity index (χ0) is 17.9. The van der Waals surface area contributed by atoms with Crippen molar-refractivity contribution in [2.75, 3.05) is 11.4 Å². The fourth-order valence-corrected chi connectivity index (χ4v) is 4.40. The summed E-state index contributed by atoms with van der Waals surface area (Å²) >= 11 is 0. The van der Waals surface area contributed by atoms with Crippen LogP contribution < -0.4 is 10.2 Å². The van der Waals surface area contributed by atoms with Crippen molar-refractivity contribution in [2.45, 2.75) is 25.1 Å². The Morgan fingerprint density at radius 3 is 2.44 bits per heavy atom. The van der Waals surface area contributed by atoms with Gasteiger partial charge in [-0.15, -0.1) is 0 Å². The van der Waals surface area contributed by atoms with Crippen molar-refractivity contribution in [1.29, 1.82) is 5.26 Å². The number of hydrogen-bond acceptors (Lipinski definition) is 4. The highest BCUT2D eigenvalue weighted by Crippen LogP contribution is 2.46. The highest BCUT2D eigenvalue weighted by molar-refractivity contribution is 6.22. The molecule has 2 amide bonds. The molecule has 5 rings (SSSR count). The topological polar surface area (TPSA) is 73.2 Å². The first-order valence-electron chi connectivity index (χ1n) is 8.05. The van der Waals surface area contributed by atoms with E-state index in [1.54, 1.807) is 0 Å². The third-order valence-corrected chi connectivity index (χ3v) is 5.52. The molecule has 1 saturated carbocycles. The largest absolute Gasteiger partial charge is 0.417 e. The first kappa shape index (κ1) is 16.1. The number of carbonyl (C=O) groups excluding carboxylic acids is 2.